The molecular formula is C29H34N6O4. The number of hydrogen-bond acceptors (Lipinski definition) is 8. The Hall–Kier alpha value is -4.13. The van der Waals surface area contributed by atoms with Gasteiger partial charge in [-0.3, -0.25) is 14.5 Å². The monoisotopic (exact) mass is 530 g/mol. The molecule has 0 unspecified atom stereocenters. The van der Waals surface area contributed by atoms with E-state index in [1.807, 2.05) is 34.9 Å². The maximum Gasteiger partial charge on any atom is 0.236 e. The van der Waals surface area contributed by atoms with Gasteiger partial charge in [-0.05, 0) is 36.5 Å². The molecule has 0 saturated carbocycles. The zero-order valence-corrected chi connectivity index (χ0v) is 23.2. The predicted molar refractivity (Wildman–Crippen MR) is 145 cm³/mol. The number of methoxy groups -OCH3 is 2. The lowest BCUT2D eigenvalue weighted by atomic mass is 9.77. The molecule has 3 aromatic rings. The fraction of sp³-hybridized carbons (Fsp3) is 0.483. The lowest BCUT2D eigenvalue weighted by Gasteiger charge is -2.39. The Balaban J connectivity index is 1.38. The summed E-state index contributed by atoms with van der Waals surface area (Å²) in [6, 6.07) is 9.64. The van der Waals surface area contributed by atoms with E-state index in [-0.39, 0.29) is 36.0 Å². The van der Waals surface area contributed by atoms with Crippen LogP contribution in [0.25, 0.3) is 11.0 Å². The number of aromatic nitrogens is 3. The molecule has 2 amide bonds. The Labute approximate surface area is 228 Å². The highest BCUT2D eigenvalue weighted by molar-refractivity contribution is 6.06. The number of piperidine rings is 1. The maximum atomic E-state index is 13.8. The summed E-state index contributed by atoms with van der Waals surface area (Å²) in [6.07, 6.45) is 3.02. The molecule has 204 valence electrons. The minimum atomic E-state index is -0.693. The predicted octanol–water partition coefficient (Wildman–Crippen LogP) is 3.91. The molecule has 0 radical (unpaired) electrons. The van der Waals surface area contributed by atoms with Gasteiger partial charge in [-0.2, -0.15) is 5.26 Å². The standard InChI is InChI=1S/C29H34N6O4/c1-28(2,3)18-35-20(12-19-16-31-24(15-30)32-26(19)35)17-34-25(36)14-29(27(34)37)8-10-33(11-9-29)22-7-6-21(38-4)13-23(22)39-5/h6-7,12-13,16H,8-11,14,17-18H2,1-5H3. The van der Waals surface area contributed by atoms with E-state index in [2.05, 4.69) is 35.6 Å². The average Bonchev–Trinajstić information content (AvgIpc) is 3.36. The Morgan fingerprint density at radius 2 is 1.85 bits per heavy atom. The Bertz CT molecular complexity index is 1470. The second-order valence-electron chi connectivity index (χ2n) is 11.6. The molecule has 0 N–H and O–H groups in total. The first kappa shape index (κ1) is 26.5. The first-order chi connectivity index (χ1) is 18.6. The van der Waals surface area contributed by atoms with Crippen LogP contribution in [-0.4, -0.2) is 58.6 Å². The highest BCUT2D eigenvalue weighted by atomic mass is 16.5. The van der Waals surface area contributed by atoms with E-state index in [1.54, 1.807) is 20.4 Å². The third-order valence-electron chi connectivity index (χ3n) is 7.71. The van der Waals surface area contributed by atoms with E-state index >= 15 is 0 Å². The largest absolute Gasteiger partial charge is 0.497 e. The number of ether oxygens (including phenoxy) is 2. The minimum absolute atomic E-state index is 0.0892. The van der Waals surface area contributed by atoms with Gasteiger partial charge in [0, 0.05) is 49.4 Å². The summed E-state index contributed by atoms with van der Waals surface area (Å²) in [5.41, 5.74) is 1.62. The molecule has 2 fully saturated rings. The number of rotatable bonds is 6. The van der Waals surface area contributed by atoms with Crippen LogP contribution in [0.1, 0.15) is 51.6 Å². The van der Waals surface area contributed by atoms with Crippen molar-refractivity contribution in [1.82, 2.24) is 19.4 Å². The Kier molecular flexibility index (Phi) is 6.70. The summed E-state index contributed by atoms with van der Waals surface area (Å²) in [5, 5.41) is 10.1. The molecule has 39 heavy (non-hydrogen) atoms. The molecule has 2 aromatic heterocycles. The molecule has 0 atom stereocenters. The van der Waals surface area contributed by atoms with Crippen LogP contribution in [0.5, 0.6) is 11.5 Å². The van der Waals surface area contributed by atoms with Crippen LogP contribution in [-0.2, 0) is 22.7 Å². The molecule has 1 aromatic carbocycles. The summed E-state index contributed by atoms with van der Waals surface area (Å²) < 4.78 is 12.9. The normalized spacial score (nSPS) is 17.2. The van der Waals surface area contributed by atoms with Gasteiger partial charge in [0.1, 0.15) is 23.2 Å². The van der Waals surface area contributed by atoms with Crippen molar-refractivity contribution in [3.8, 4) is 17.6 Å². The van der Waals surface area contributed by atoms with Gasteiger partial charge in [-0.25, -0.2) is 9.97 Å². The van der Waals surface area contributed by atoms with Gasteiger partial charge in [-0.15, -0.1) is 0 Å². The molecule has 10 heteroatoms. The molecule has 2 aliphatic rings. The Morgan fingerprint density at radius 1 is 1.10 bits per heavy atom. The van der Waals surface area contributed by atoms with Crippen LogP contribution < -0.4 is 14.4 Å². The SMILES string of the molecule is COc1ccc(N2CCC3(CC2)CC(=O)N(Cc2cc4cnc(C#N)nc4n2CC(C)(C)C)C3=O)c(OC)c1. The van der Waals surface area contributed by atoms with E-state index in [9.17, 15) is 14.9 Å². The van der Waals surface area contributed by atoms with Crippen molar-refractivity contribution < 1.29 is 19.1 Å². The van der Waals surface area contributed by atoms with Gasteiger partial charge in [0.15, 0.2) is 0 Å². The van der Waals surface area contributed by atoms with Gasteiger partial charge in [0.05, 0.1) is 31.9 Å². The second-order valence-corrected chi connectivity index (χ2v) is 11.6. The minimum Gasteiger partial charge on any atom is -0.497 e. The van der Waals surface area contributed by atoms with E-state index in [1.165, 1.54) is 4.90 Å². The van der Waals surface area contributed by atoms with E-state index in [4.69, 9.17) is 9.47 Å². The molecular weight excluding hydrogens is 496 g/mol. The summed E-state index contributed by atoms with van der Waals surface area (Å²) in [4.78, 5) is 39.3. The van der Waals surface area contributed by atoms with E-state index < -0.39 is 5.41 Å². The fourth-order valence-corrected chi connectivity index (χ4v) is 5.72. The van der Waals surface area contributed by atoms with Crippen LogP contribution >= 0.6 is 0 Å². The van der Waals surface area contributed by atoms with Crippen molar-refractivity contribution in [2.75, 3.05) is 32.2 Å². The third-order valence-corrected chi connectivity index (χ3v) is 7.71. The Morgan fingerprint density at radius 3 is 2.49 bits per heavy atom. The van der Waals surface area contributed by atoms with Crippen LogP contribution in [0.15, 0.2) is 30.5 Å². The zero-order valence-electron chi connectivity index (χ0n) is 23.2. The average molecular weight is 531 g/mol. The van der Waals surface area contributed by atoms with E-state index in [0.29, 0.717) is 38.1 Å². The molecule has 0 bridgehead atoms. The van der Waals surface area contributed by atoms with Crippen molar-refractivity contribution in [3.05, 3.63) is 42.0 Å². The maximum absolute atomic E-state index is 13.8. The summed E-state index contributed by atoms with van der Waals surface area (Å²) in [7, 11) is 3.25. The first-order valence-electron chi connectivity index (χ1n) is 13.1. The fourth-order valence-electron chi connectivity index (χ4n) is 5.72. The number of amides is 2. The number of nitrogens with zero attached hydrogens (tertiary/aromatic N) is 6. The van der Waals surface area contributed by atoms with Gasteiger partial charge in [-0.1, -0.05) is 20.8 Å². The van der Waals surface area contributed by atoms with Crippen molar-refractivity contribution in [2.24, 2.45) is 10.8 Å². The second kappa shape index (κ2) is 9.88. The number of imide groups is 1. The topological polar surface area (TPSA) is 114 Å². The van der Waals surface area contributed by atoms with Gasteiger partial charge >= 0.3 is 0 Å². The number of hydrogen-bond donors (Lipinski definition) is 0. The number of nitriles is 1. The van der Waals surface area contributed by atoms with Gasteiger partial charge < -0.3 is 18.9 Å². The first-order valence-corrected chi connectivity index (χ1v) is 13.1. The molecule has 5 rings (SSSR count). The van der Waals surface area contributed by atoms with Crippen LogP contribution in [0.2, 0.25) is 0 Å². The third kappa shape index (κ3) is 4.89. The highest BCUT2D eigenvalue weighted by Gasteiger charge is 2.52. The lowest BCUT2D eigenvalue weighted by molar-refractivity contribution is -0.142. The molecule has 4 heterocycles. The number of anilines is 1. The number of carbonyl (C=O) groups excluding carboxylic acids is 2. The summed E-state index contributed by atoms with van der Waals surface area (Å²) in [6.45, 7) is 8.42. The molecule has 0 aliphatic carbocycles. The summed E-state index contributed by atoms with van der Waals surface area (Å²) >= 11 is 0. The number of carbonyl (C=O) groups is 2. The molecule has 2 aliphatic heterocycles. The summed E-state index contributed by atoms with van der Waals surface area (Å²) in [5.74, 6) is 1.27. The molecule has 10 nitrogen and oxygen atoms in total. The highest BCUT2D eigenvalue weighted by Crippen LogP contribution is 2.45. The van der Waals surface area contributed by atoms with E-state index in [0.717, 1.165) is 28.3 Å². The van der Waals surface area contributed by atoms with Crippen molar-refractivity contribution in [1.29, 1.82) is 5.26 Å². The number of likely N-dealkylation sites (tertiary alicyclic amines) is 1. The van der Waals surface area contributed by atoms with Crippen LogP contribution in [0, 0.1) is 22.2 Å². The lowest BCUT2D eigenvalue weighted by Crippen LogP contribution is -2.45. The van der Waals surface area contributed by atoms with Crippen LogP contribution in [0.4, 0.5) is 5.69 Å². The number of benzene rings is 1. The van der Waals surface area contributed by atoms with Crippen LogP contribution in [0.3, 0.4) is 0 Å². The quantitative estimate of drug-likeness (QED) is 0.441. The van der Waals surface area contributed by atoms with Crippen molar-refractivity contribution in [2.45, 2.75) is 53.1 Å². The van der Waals surface area contributed by atoms with Crippen molar-refractivity contribution >= 4 is 28.5 Å². The smallest absolute Gasteiger partial charge is 0.236 e. The van der Waals surface area contributed by atoms with Gasteiger partial charge in [0.25, 0.3) is 0 Å². The molecule has 2 saturated heterocycles. The molecule has 1 spiro atoms. The van der Waals surface area contributed by atoms with Gasteiger partial charge in [0.2, 0.25) is 17.6 Å². The number of fused-ring (bicyclic) bond motifs is 1. The zero-order chi connectivity index (χ0) is 27.9. The van der Waals surface area contributed by atoms with Crippen molar-refractivity contribution in [3.63, 3.8) is 0 Å².